The maximum atomic E-state index is 14.3. The third-order valence-corrected chi connectivity index (χ3v) is 6.05. The molecule has 4 rings (SSSR count). The summed E-state index contributed by atoms with van der Waals surface area (Å²) in [6.07, 6.45) is 3.66. The van der Waals surface area contributed by atoms with Gasteiger partial charge in [0.05, 0.1) is 19.9 Å². The number of carboxylic acids is 1. The first-order valence-electron chi connectivity index (χ1n) is 11.1. The summed E-state index contributed by atoms with van der Waals surface area (Å²) < 4.78 is 39.8. The molecule has 13 heteroatoms. The van der Waals surface area contributed by atoms with E-state index in [-0.39, 0.29) is 22.7 Å². The summed E-state index contributed by atoms with van der Waals surface area (Å²) in [7, 11) is 2.54. The minimum absolute atomic E-state index is 0.0114. The number of aromatic carboxylic acids is 1. The molecule has 2 aromatic carbocycles. The van der Waals surface area contributed by atoms with Crippen LogP contribution in [0.15, 0.2) is 35.1 Å². The average Bonchev–Trinajstić information content (AvgIpc) is 3.24. The number of ether oxygens (including phenoxy) is 2. The predicted molar refractivity (Wildman–Crippen MR) is 122 cm³/mol. The Kier molecular flexibility index (Phi) is 6.99. The summed E-state index contributed by atoms with van der Waals surface area (Å²) >= 11 is 0. The summed E-state index contributed by atoms with van der Waals surface area (Å²) in [5, 5.41) is 16.9. The van der Waals surface area contributed by atoms with Crippen LogP contribution in [0.4, 0.5) is 19.3 Å². The van der Waals surface area contributed by atoms with Crippen molar-refractivity contribution in [2.45, 2.75) is 38.1 Å². The number of anilines is 1. The Labute approximate surface area is 203 Å². The van der Waals surface area contributed by atoms with E-state index in [1.165, 1.54) is 31.3 Å². The Hall–Kier alpha value is -4.29. The standard InChI is InChI=1S/C23H23F2N5O6/c1-35-17-12-11-16(20(36-2)18(17)21(31)32)28(13-7-4-3-5-8-13)22(33)30-23(34)29(26-27-30)19-14(24)9-6-10-15(19)25/h6,9-13H,3-5,7-8H2,1-2H3,(H,31,32). The average molecular weight is 503 g/mol. The van der Waals surface area contributed by atoms with E-state index in [1.54, 1.807) is 0 Å². The van der Waals surface area contributed by atoms with Gasteiger partial charge in [0.1, 0.15) is 17.0 Å². The van der Waals surface area contributed by atoms with Crippen molar-refractivity contribution in [3.05, 3.63) is 58.0 Å². The van der Waals surface area contributed by atoms with Gasteiger partial charge in [0.25, 0.3) is 0 Å². The van der Waals surface area contributed by atoms with Gasteiger partial charge in [-0.2, -0.15) is 4.68 Å². The first-order valence-corrected chi connectivity index (χ1v) is 11.1. The highest BCUT2D eigenvalue weighted by Gasteiger charge is 2.35. The number of carboxylic acid groups (broad SMARTS) is 1. The van der Waals surface area contributed by atoms with Crippen molar-refractivity contribution in [3.8, 4) is 17.2 Å². The van der Waals surface area contributed by atoms with Gasteiger partial charge in [-0.25, -0.2) is 23.2 Å². The lowest BCUT2D eigenvalue weighted by atomic mass is 9.93. The largest absolute Gasteiger partial charge is 0.496 e. The number of rotatable bonds is 6. The quantitative estimate of drug-likeness (QED) is 0.508. The monoisotopic (exact) mass is 503 g/mol. The highest BCUT2D eigenvalue weighted by molar-refractivity contribution is 6.01. The summed E-state index contributed by atoms with van der Waals surface area (Å²) in [4.78, 5) is 40.0. The van der Waals surface area contributed by atoms with Crippen LogP contribution in [0.3, 0.4) is 0 Å². The smallest absolute Gasteiger partial charge is 0.377 e. The molecule has 1 fully saturated rings. The van der Waals surface area contributed by atoms with Crippen molar-refractivity contribution >= 4 is 17.7 Å². The highest BCUT2D eigenvalue weighted by Crippen LogP contribution is 2.40. The Morgan fingerprint density at radius 3 is 2.28 bits per heavy atom. The van der Waals surface area contributed by atoms with Crippen LogP contribution in [0.2, 0.25) is 0 Å². The van der Waals surface area contributed by atoms with Crippen molar-refractivity contribution in [2.24, 2.45) is 0 Å². The number of amides is 1. The number of nitrogens with zero attached hydrogens (tertiary/aromatic N) is 5. The summed E-state index contributed by atoms with van der Waals surface area (Å²) in [5.41, 5.74) is -2.21. The second-order valence-corrected chi connectivity index (χ2v) is 8.10. The molecule has 1 aromatic heterocycles. The maximum absolute atomic E-state index is 14.3. The Bertz CT molecular complexity index is 1350. The number of aromatic nitrogens is 4. The molecule has 1 aliphatic rings. The van der Waals surface area contributed by atoms with E-state index in [2.05, 4.69) is 10.4 Å². The van der Waals surface area contributed by atoms with Gasteiger partial charge in [0, 0.05) is 6.04 Å². The molecule has 0 atom stereocenters. The lowest BCUT2D eigenvalue weighted by molar-refractivity contribution is 0.0689. The zero-order valence-corrected chi connectivity index (χ0v) is 19.5. The number of carbonyl (C=O) groups is 2. The van der Waals surface area contributed by atoms with Crippen LogP contribution in [-0.4, -0.2) is 57.2 Å². The lowest BCUT2D eigenvalue weighted by Gasteiger charge is -2.34. The first kappa shape index (κ1) is 24.8. The van der Waals surface area contributed by atoms with Crippen LogP contribution in [0.1, 0.15) is 42.5 Å². The van der Waals surface area contributed by atoms with E-state index in [0.29, 0.717) is 22.2 Å². The molecule has 1 aliphatic carbocycles. The van der Waals surface area contributed by atoms with E-state index in [9.17, 15) is 28.3 Å². The molecule has 0 saturated heterocycles. The third kappa shape index (κ3) is 4.27. The van der Waals surface area contributed by atoms with Crippen LogP contribution in [0.25, 0.3) is 5.69 Å². The van der Waals surface area contributed by atoms with Crippen molar-refractivity contribution in [1.82, 2.24) is 19.8 Å². The van der Waals surface area contributed by atoms with Crippen molar-refractivity contribution in [1.29, 1.82) is 0 Å². The van der Waals surface area contributed by atoms with E-state index in [1.807, 2.05) is 0 Å². The number of tetrazole rings is 1. The normalized spacial score (nSPS) is 13.9. The van der Waals surface area contributed by atoms with Crippen LogP contribution in [0.5, 0.6) is 11.5 Å². The molecule has 0 aliphatic heterocycles. The van der Waals surface area contributed by atoms with Gasteiger partial charge >= 0.3 is 17.7 Å². The molecule has 3 aromatic rings. The Balaban J connectivity index is 1.88. The van der Waals surface area contributed by atoms with Gasteiger partial charge in [-0.15, -0.1) is 4.68 Å². The molecular weight excluding hydrogens is 480 g/mol. The minimum atomic E-state index is -1.35. The number of benzene rings is 2. The minimum Gasteiger partial charge on any atom is -0.496 e. The van der Waals surface area contributed by atoms with Gasteiger partial charge in [-0.3, -0.25) is 4.90 Å². The van der Waals surface area contributed by atoms with Crippen molar-refractivity contribution in [3.63, 3.8) is 0 Å². The molecule has 1 heterocycles. The molecule has 190 valence electrons. The fraction of sp³-hybridized carbons (Fsp3) is 0.348. The zero-order chi connectivity index (χ0) is 26.0. The molecule has 0 bridgehead atoms. The fourth-order valence-corrected chi connectivity index (χ4v) is 4.42. The van der Waals surface area contributed by atoms with Crippen LogP contribution < -0.4 is 20.1 Å². The van der Waals surface area contributed by atoms with E-state index in [4.69, 9.17) is 9.47 Å². The molecule has 0 spiro atoms. The zero-order valence-electron chi connectivity index (χ0n) is 19.5. The molecule has 0 radical (unpaired) electrons. The maximum Gasteiger partial charge on any atom is 0.377 e. The van der Waals surface area contributed by atoms with E-state index in [0.717, 1.165) is 37.5 Å². The fourth-order valence-electron chi connectivity index (χ4n) is 4.42. The van der Waals surface area contributed by atoms with E-state index < -0.39 is 41.1 Å². The van der Waals surface area contributed by atoms with Gasteiger partial charge in [0.15, 0.2) is 17.4 Å². The van der Waals surface area contributed by atoms with Gasteiger partial charge in [-0.05, 0) is 47.5 Å². The summed E-state index contributed by atoms with van der Waals surface area (Å²) in [6.45, 7) is 0. The van der Waals surface area contributed by atoms with Crippen molar-refractivity contribution in [2.75, 3.05) is 19.1 Å². The molecule has 1 saturated carbocycles. The SMILES string of the molecule is COc1ccc(N(C(=O)n2nnn(-c3c(F)cccc3F)c2=O)C2CCCCC2)c(OC)c1C(=O)O. The van der Waals surface area contributed by atoms with Gasteiger partial charge in [0.2, 0.25) is 0 Å². The van der Waals surface area contributed by atoms with Crippen LogP contribution in [-0.2, 0) is 0 Å². The Morgan fingerprint density at radius 2 is 1.69 bits per heavy atom. The van der Waals surface area contributed by atoms with Crippen molar-refractivity contribution < 1.29 is 33.0 Å². The van der Waals surface area contributed by atoms with Gasteiger partial charge in [-0.1, -0.05) is 25.3 Å². The second kappa shape index (κ2) is 10.1. The lowest BCUT2D eigenvalue weighted by Crippen LogP contribution is -2.47. The van der Waals surface area contributed by atoms with Crippen LogP contribution in [0, 0.1) is 11.6 Å². The molecular formula is C23H23F2N5O6. The topological polar surface area (TPSA) is 129 Å². The molecule has 36 heavy (non-hydrogen) atoms. The summed E-state index contributed by atoms with van der Waals surface area (Å²) in [5.74, 6) is -3.62. The van der Waals surface area contributed by atoms with E-state index >= 15 is 0 Å². The van der Waals surface area contributed by atoms with Crippen LogP contribution >= 0.6 is 0 Å². The Morgan fingerprint density at radius 1 is 1.03 bits per heavy atom. The predicted octanol–water partition coefficient (Wildman–Crippen LogP) is 3.23. The number of hydrogen-bond acceptors (Lipinski definition) is 7. The molecule has 0 unspecified atom stereocenters. The number of halogens is 2. The molecule has 1 amide bonds. The molecule has 11 nitrogen and oxygen atoms in total. The van der Waals surface area contributed by atoms with Gasteiger partial charge < -0.3 is 14.6 Å². The number of methoxy groups -OCH3 is 2. The number of para-hydroxylation sites is 1. The third-order valence-electron chi connectivity index (χ3n) is 6.05. The second-order valence-electron chi connectivity index (χ2n) is 8.10. The number of carbonyl (C=O) groups excluding carboxylic acids is 1. The summed E-state index contributed by atoms with van der Waals surface area (Å²) in [6, 6.07) is 4.41. The molecule has 1 N–H and O–H groups in total. The highest BCUT2D eigenvalue weighted by atomic mass is 19.1. The first-order chi connectivity index (χ1) is 17.3. The number of hydrogen-bond donors (Lipinski definition) is 1.